The van der Waals surface area contributed by atoms with Gasteiger partial charge in [0, 0.05) is 6.54 Å². The number of carbonyl (C=O) groups is 1. The molecule has 0 aliphatic rings. The molecule has 0 spiro atoms. The number of hydrogen-bond donors (Lipinski definition) is 2. The van der Waals surface area contributed by atoms with Gasteiger partial charge >= 0.3 is 0 Å². The van der Waals surface area contributed by atoms with Crippen molar-refractivity contribution in [2.24, 2.45) is 0 Å². The summed E-state index contributed by atoms with van der Waals surface area (Å²) in [5.74, 6) is -0.0661. The van der Waals surface area contributed by atoms with Crippen LogP contribution >= 0.6 is 12.2 Å². The molecule has 2 N–H and O–H groups in total. The highest BCUT2D eigenvalue weighted by Crippen LogP contribution is 1.98. The van der Waals surface area contributed by atoms with Crippen molar-refractivity contribution in [2.75, 3.05) is 6.54 Å². The van der Waals surface area contributed by atoms with Crippen LogP contribution in [-0.2, 0) is 0 Å². The van der Waals surface area contributed by atoms with Gasteiger partial charge in [0.1, 0.15) is 0 Å². The second-order valence-electron chi connectivity index (χ2n) is 3.04. The van der Waals surface area contributed by atoms with Gasteiger partial charge in [0.15, 0.2) is 10.9 Å². The van der Waals surface area contributed by atoms with Crippen LogP contribution in [0.25, 0.3) is 0 Å². The summed E-state index contributed by atoms with van der Waals surface area (Å²) in [6.45, 7) is 2.86. The standard InChI is InChI=1S/C10H14N2O2S/c1-2-3-6-11-10(15)12-9(13)8-5-4-7-14-8/h4-5,7H,2-3,6H2,1H3,(H2,11,12,13,15). The van der Waals surface area contributed by atoms with Crippen LogP contribution < -0.4 is 10.6 Å². The van der Waals surface area contributed by atoms with E-state index in [1.165, 1.54) is 6.26 Å². The average molecular weight is 226 g/mol. The summed E-state index contributed by atoms with van der Waals surface area (Å²) in [5.41, 5.74) is 0. The molecule has 15 heavy (non-hydrogen) atoms. The van der Waals surface area contributed by atoms with Crippen molar-refractivity contribution in [2.45, 2.75) is 19.8 Å². The van der Waals surface area contributed by atoms with Crippen molar-refractivity contribution in [3.8, 4) is 0 Å². The van der Waals surface area contributed by atoms with Crippen molar-refractivity contribution in [3.63, 3.8) is 0 Å². The molecule has 1 heterocycles. The molecule has 0 aliphatic carbocycles. The molecular weight excluding hydrogens is 212 g/mol. The third-order valence-electron chi connectivity index (χ3n) is 1.79. The molecule has 1 aromatic heterocycles. The summed E-state index contributed by atoms with van der Waals surface area (Å²) in [7, 11) is 0. The maximum Gasteiger partial charge on any atom is 0.293 e. The van der Waals surface area contributed by atoms with E-state index >= 15 is 0 Å². The zero-order valence-electron chi connectivity index (χ0n) is 8.58. The smallest absolute Gasteiger partial charge is 0.293 e. The second-order valence-corrected chi connectivity index (χ2v) is 3.45. The van der Waals surface area contributed by atoms with Crippen LogP contribution in [0.4, 0.5) is 0 Å². The highest BCUT2D eigenvalue weighted by atomic mass is 32.1. The van der Waals surface area contributed by atoms with Crippen molar-refractivity contribution in [1.29, 1.82) is 0 Å². The topological polar surface area (TPSA) is 54.3 Å². The third kappa shape index (κ3) is 4.12. The van der Waals surface area contributed by atoms with Crippen LogP contribution in [-0.4, -0.2) is 17.6 Å². The molecular formula is C10H14N2O2S. The van der Waals surface area contributed by atoms with E-state index in [4.69, 9.17) is 16.6 Å². The van der Waals surface area contributed by atoms with Crippen LogP contribution in [0.5, 0.6) is 0 Å². The van der Waals surface area contributed by atoms with Crippen molar-refractivity contribution < 1.29 is 9.21 Å². The molecule has 0 atom stereocenters. The molecule has 1 aromatic rings. The molecule has 0 unspecified atom stereocenters. The predicted molar refractivity (Wildman–Crippen MR) is 61.7 cm³/mol. The number of nitrogens with one attached hydrogen (secondary N) is 2. The summed E-state index contributed by atoms with van der Waals surface area (Å²) in [5, 5.41) is 5.80. The number of amides is 1. The van der Waals surface area contributed by atoms with Gasteiger partial charge in [0.25, 0.3) is 5.91 Å². The Labute approximate surface area is 94.0 Å². The lowest BCUT2D eigenvalue weighted by Gasteiger charge is -2.07. The summed E-state index contributed by atoms with van der Waals surface area (Å²) < 4.78 is 4.92. The van der Waals surface area contributed by atoms with E-state index in [1.807, 2.05) is 0 Å². The second kappa shape index (κ2) is 6.19. The number of rotatable bonds is 4. The fourth-order valence-electron chi connectivity index (χ4n) is 0.995. The molecule has 1 rings (SSSR count). The summed E-state index contributed by atoms with van der Waals surface area (Å²) >= 11 is 4.93. The number of thiocarbonyl (C=S) groups is 1. The number of unbranched alkanes of at least 4 members (excludes halogenated alkanes) is 1. The van der Waals surface area contributed by atoms with Crippen molar-refractivity contribution in [1.82, 2.24) is 10.6 Å². The number of carbonyl (C=O) groups excluding carboxylic acids is 1. The van der Waals surface area contributed by atoms with Crippen LogP contribution in [0.3, 0.4) is 0 Å². The first-order valence-corrected chi connectivity index (χ1v) is 5.27. The van der Waals surface area contributed by atoms with Gasteiger partial charge in [0.2, 0.25) is 0 Å². The van der Waals surface area contributed by atoms with Gasteiger partial charge in [-0.15, -0.1) is 0 Å². The normalized spacial score (nSPS) is 9.67. The Morgan fingerprint density at radius 3 is 3.00 bits per heavy atom. The number of hydrogen-bond acceptors (Lipinski definition) is 3. The van der Waals surface area contributed by atoms with Gasteiger partial charge in [-0.1, -0.05) is 13.3 Å². The minimum absolute atomic E-state index is 0.259. The van der Waals surface area contributed by atoms with E-state index in [0.29, 0.717) is 5.11 Å². The maximum absolute atomic E-state index is 11.4. The first-order valence-electron chi connectivity index (χ1n) is 4.86. The Hall–Kier alpha value is -1.36. The van der Waals surface area contributed by atoms with E-state index in [0.717, 1.165) is 19.4 Å². The zero-order valence-corrected chi connectivity index (χ0v) is 9.39. The molecule has 4 nitrogen and oxygen atoms in total. The molecule has 0 aromatic carbocycles. The fraction of sp³-hybridized carbons (Fsp3) is 0.400. The Morgan fingerprint density at radius 1 is 1.60 bits per heavy atom. The third-order valence-corrected chi connectivity index (χ3v) is 2.03. The SMILES string of the molecule is CCCCNC(=S)NC(=O)c1ccco1. The molecule has 0 saturated heterocycles. The van der Waals surface area contributed by atoms with Crippen LogP contribution in [0, 0.1) is 0 Å². The van der Waals surface area contributed by atoms with Gasteiger partial charge in [-0.3, -0.25) is 10.1 Å². The van der Waals surface area contributed by atoms with Gasteiger partial charge < -0.3 is 9.73 Å². The van der Waals surface area contributed by atoms with Gasteiger partial charge in [-0.05, 0) is 30.8 Å². The molecule has 0 fully saturated rings. The van der Waals surface area contributed by atoms with E-state index in [9.17, 15) is 4.79 Å². The molecule has 5 heteroatoms. The summed E-state index contributed by atoms with van der Waals surface area (Å²) in [4.78, 5) is 11.4. The lowest BCUT2D eigenvalue weighted by Crippen LogP contribution is -2.39. The Balaban J connectivity index is 2.29. The van der Waals surface area contributed by atoms with E-state index < -0.39 is 0 Å². The van der Waals surface area contributed by atoms with E-state index in [2.05, 4.69) is 17.6 Å². The predicted octanol–water partition coefficient (Wildman–Crippen LogP) is 1.68. The monoisotopic (exact) mass is 226 g/mol. The Morgan fingerprint density at radius 2 is 2.40 bits per heavy atom. The van der Waals surface area contributed by atoms with Crippen LogP contribution in [0.2, 0.25) is 0 Å². The van der Waals surface area contributed by atoms with Crippen LogP contribution in [0.15, 0.2) is 22.8 Å². The quantitative estimate of drug-likeness (QED) is 0.606. The lowest BCUT2D eigenvalue weighted by atomic mass is 10.3. The Bertz CT molecular complexity index is 322. The molecule has 0 aliphatic heterocycles. The highest BCUT2D eigenvalue weighted by Gasteiger charge is 2.09. The molecule has 0 bridgehead atoms. The minimum Gasteiger partial charge on any atom is -0.459 e. The minimum atomic E-state index is -0.325. The molecule has 82 valence electrons. The van der Waals surface area contributed by atoms with Crippen molar-refractivity contribution >= 4 is 23.2 Å². The van der Waals surface area contributed by atoms with Gasteiger partial charge in [-0.25, -0.2) is 0 Å². The fourth-order valence-corrected chi connectivity index (χ4v) is 1.19. The molecule has 0 saturated carbocycles. The van der Waals surface area contributed by atoms with E-state index in [1.54, 1.807) is 12.1 Å². The van der Waals surface area contributed by atoms with E-state index in [-0.39, 0.29) is 11.7 Å². The largest absolute Gasteiger partial charge is 0.459 e. The maximum atomic E-state index is 11.4. The van der Waals surface area contributed by atoms with Crippen LogP contribution in [0.1, 0.15) is 30.3 Å². The van der Waals surface area contributed by atoms with Gasteiger partial charge in [-0.2, -0.15) is 0 Å². The molecule has 1 amide bonds. The Kier molecular flexibility index (Phi) is 4.83. The average Bonchev–Trinajstić information content (AvgIpc) is 2.70. The van der Waals surface area contributed by atoms with Gasteiger partial charge in [0.05, 0.1) is 6.26 Å². The first kappa shape index (κ1) is 11.7. The van der Waals surface area contributed by atoms with Crippen molar-refractivity contribution in [3.05, 3.63) is 24.2 Å². The summed E-state index contributed by atoms with van der Waals surface area (Å²) in [6.07, 6.45) is 3.56. The first-order chi connectivity index (χ1) is 7.24. The number of furan rings is 1. The molecule has 0 radical (unpaired) electrons. The highest BCUT2D eigenvalue weighted by molar-refractivity contribution is 7.80. The lowest BCUT2D eigenvalue weighted by molar-refractivity contribution is 0.0949. The zero-order chi connectivity index (χ0) is 11.1. The summed E-state index contributed by atoms with van der Waals surface area (Å²) in [6, 6.07) is 3.24.